The predicted molar refractivity (Wildman–Crippen MR) is 80.4 cm³/mol. The maximum absolute atomic E-state index is 13.7. The smallest absolute Gasteiger partial charge is 0.410 e. The SMILES string of the molecule is CC(C)(C)OC(=O)N1C[C@@H](O)C[C@@H]1c1ccc(Br)c(F)c1. The number of carbonyl (C=O) groups is 1. The highest BCUT2D eigenvalue weighted by atomic mass is 79.9. The zero-order valence-corrected chi connectivity index (χ0v) is 13.9. The number of aliphatic hydroxyl groups excluding tert-OH is 1. The molecule has 0 aromatic heterocycles. The Bertz CT molecular complexity index is 544. The van der Waals surface area contributed by atoms with E-state index >= 15 is 0 Å². The van der Waals surface area contributed by atoms with Crippen molar-refractivity contribution in [1.29, 1.82) is 0 Å². The Morgan fingerprint density at radius 2 is 2.14 bits per heavy atom. The molecule has 1 saturated heterocycles. The van der Waals surface area contributed by atoms with Crippen molar-refractivity contribution in [3.05, 3.63) is 34.1 Å². The molecule has 1 amide bonds. The van der Waals surface area contributed by atoms with Gasteiger partial charge in [-0.2, -0.15) is 0 Å². The van der Waals surface area contributed by atoms with Gasteiger partial charge in [-0.25, -0.2) is 9.18 Å². The summed E-state index contributed by atoms with van der Waals surface area (Å²) in [4.78, 5) is 13.7. The van der Waals surface area contributed by atoms with Gasteiger partial charge < -0.3 is 9.84 Å². The number of β-amino-alcohol motifs (C(OH)–C–C–N with tert-alkyl or cyclic N) is 1. The van der Waals surface area contributed by atoms with E-state index in [1.807, 2.05) is 0 Å². The predicted octanol–water partition coefficient (Wildman–Crippen LogP) is 3.63. The standard InChI is InChI=1S/C15H19BrFNO3/c1-15(2,3)21-14(20)18-8-10(19)7-13(18)9-4-5-11(16)12(17)6-9/h4-6,10,13,19H,7-8H2,1-3H3/t10-,13+/m0/s1. The fraction of sp³-hybridized carbons (Fsp3) is 0.533. The normalized spacial score (nSPS) is 22.5. The molecule has 1 fully saturated rings. The summed E-state index contributed by atoms with van der Waals surface area (Å²) >= 11 is 3.10. The Morgan fingerprint density at radius 3 is 2.71 bits per heavy atom. The average molecular weight is 360 g/mol. The van der Waals surface area contributed by atoms with Crippen LogP contribution in [0.3, 0.4) is 0 Å². The molecule has 0 unspecified atom stereocenters. The number of halogens is 2. The number of benzene rings is 1. The molecule has 0 spiro atoms. The summed E-state index contributed by atoms with van der Waals surface area (Å²) in [7, 11) is 0. The number of nitrogens with zero attached hydrogens (tertiary/aromatic N) is 1. The second-order valence-electron chi connectivity index (χ2n) is 6.21. The van der Waals surface area contributed by atoms with Gasteiger partial charge in [-0.3, -0.25) is 4.90 Å². The molecule has 21 heavy (non-hydrogen) atoms. The zero-order valence-electron chi connectivity index (χ0n) is 12.3. The third-order valence-electron chi connectivity index (χ3n) is 3.24. The lowest BCUT2D eigenvalue weighted by atomic mass is 10.0. The van der Waals surface area contributed by atoms with E-state index in [0.29, 0.717) is 16.5 Å². The molecular formula is C15H19BrFNO3. The van der Waals surface area contributed by atoms with E-state index in [9.17, 15) is 14.3 Å². The molecule has 6 heteroatoms. The molecule has 4 nitrogen and oxygen atoms in total. The Labute approximate surface area is 132 Å². The second-order valence-corrected chi connectivity index (χ2v) is 7.07. The molecule has 1 N–H and O–H groups in total. The number of ether oxygens (including phenoxy) is 1. The molecule has 0 aliphatic carbocycles. The lowest BCUT2D eigenvalue weighted by Gasteiger charge is -2.28. The van der Waals surface area contributed by atoms with Crippen LogP contribution >= 0.6 is 15.9 Å². The molecular weight excluding hydrogens is 341 g/mol. The van der Waals surface area contributed by atoms with Crippen LogP contribution in [0.25, 0.3) is 0 Å². The second kappa shape index (κ2) is 5.93. The van der Waals surface area contributed by atoms with Crippen LogP contribution in [0.4, 0.5) is 9.18 Å². The van der Waals surface area contributed by atoms with Crippen LogP contribution in [0.1, 0.15) is 38.8 Å². The van der Waals surface area contributed by atoms with Gasteiger partial charge in [0, 0.05) is 0 Å². The van der Waals surface area contributed by atoms with E-state index in [4.69, 9.17) is 4.74 Å². The van der Waals surface area contributed by atoms with Crippen LogP contribution < -0.4 is 0 Å². The quantitative estimate of drug-likeness (QED) is 0.832. The van der Waals surface area contributed by atoms with E-state index in [1.54, 1.807) is 32.9 Å². The number of amides is 1. The van der Waals surface area contributed by atoms with E-state index in [1.165, 1.54) is 11.0 Å². The van der Waals surface area contributed by atoms with Crippen LogP contribution in [-0.4, -0.2) is 34.3 Å². The molecule has 1 aliphatic heterocycles. The number of aliphatic hydroxyl groups is 1. The van der Waals surface area contributed by atoms with E-state index in [0.717, 1.165) is 0 Å². The van der Waals surface area contributed by atoms with Crippen molar-refractivity contribution in [3.8, 4) is 0 Å². The van der Waals surface area contributed by atoms with Gasteiger partial charge in [0.1, 0.15) is 11.4 Å². The zero-order chi connectivity index (χ0) is 15.8. The number of likely N-dealkylation sites (tertiary alicyclic amines) is 1. The van der Waals surface area contributed by atoms with Crippen molar-refractivity contribution >= 4 is 22.0 Å². The van der Waals surface area contributed by atoms with Crippen LogP contribution in [0.2, 0.25) is 0 Å². The van der Waals surface area contributed by atoms with E-state index in [2.05, 4.69) is 15.9 Å². The Morgan fingerprint density at radius 1 is 1.48 bits per heavy atom. The Hall–Kier alpha value is -1.14. The van der Waals surface area contributed by atoms with Crippen LogP contribution in [-0.2, 0) is 4.74 Å². The van der Waals surface area contributed by atoms with Crippen LogP contribution in [0, 0.1) is 5.82 Å². The van der Waals surface area contributed by atoms with Gasteiger partial charge in [-0.15, -0.1) is 0 Å². The van der Waals surface area contributed by atoms with Crippen molar-refractivity contribution in [2.24, 2.45) is 0 Å². The van der Waals surface area contributed by atoms with Gasteiger partial charge in [-0.1, -0.05) is 6.07 Å². The highest BCUT2D eigenvalue weighted by molar-refractivity contribution is 9.10. The topological polar surface area (TPSA) is 49.8 Å². The largest absolute Gasteiger partial charge is 0.444 e. The summed E-state index contributed by atoms with van der Waals surface area (Å²) < 4.78 is 19.4. The van der Waals surface area contributed by atoms with Gasteiger partial charge in [0.15, 0.2) is 0 Å². The van der Waals surface area contributed by atoms with Gasteiger partial charge in [0.05, 0.1) is 23.2 Å². The molecule has 1 heterocycles. The Balaban J connectivity index is 2.24. The molecule has 116 valence electrons. The van der Waals surface area contributed by atoms with Crippen LogP contribution in [0.15, 0.2) is 22.7 Å². The van der Waals surface area contributed by atoms with Gasteiger partial charge in [-0.05, 0) is 60.8 Å². The maximum Gasteiger partial charge on any atom is 0.410 e. The molecule has 0 bridgehead atoms. The Kier molecular flexibility index (Phi) is 4.58. The van der Waals surface area contributed by atoms with Crippen molar-refractivity contribution in [2.45, 2.75) is 44.9 Å². The van der Waals surface area contributed by atoms with Gasteiger partial charge in [0.25, 0.3) is 0 Å². The minimum Gasteiger partial charge on any atom is -0.444 e. The van der Waals surface area contributed by atoms with Crippen LogP contribution in [0.5, 0.6) is 0 Å². The first-order valence-corrected chi connectivity index (χ1v) is 7.59. The number of hydrogen-bond acceptors (Lipinski definition) is 3. The molecule has 1 aromatic carbocycles. The molecule has 0 saturated carbocycles. The van der Waals surface area contributed by atoms with Gasteiger partial charge in [0.2, 0.25) is 0 Å². The molecule has 1 aliphatic rings. The minimum atomic E-state index is -0.630. The summed E-state index contributed by atoms with van der Waals surface area (Å²) in [5.41, 5.74) is 0.0401. The molecule has 2 atom stereocenters. The summed E-state index contributed by atoms with van der Waals surface area (Å²) in [5.74, 6) is -0.391. The highest BCUT2D eigenvalue weighted by Crippen LogP contribution is 2.34. The van der Waals surface area contributed by atoms with Crippen molar-refractivity contribution in [3.63, 3.8) is 0 Å². The number of hydrogen-bond donors (Lipinski definition) is 1. The third kappa shape index (κ3) is 3.95. The minimum absolute atomic E-state index is 0.192. The first-order valence-electron chi connectivity index (χ1n) is 6.80. The first-order chi connectivity index (χ1) is 9.67. The lowest BCUT2D eigenvalue weighted by Crippen LogP contribution is -2.37. The monoisotopic (exact) mass is 359 g/mol. The van der Waals surface area contributed by atoms with E-state index in [-0.39, 0.29) is 12.6 Å². The fourth-order valence-electron chi connectivity index (χ4n) is 2.37. The summed E-state index contributed by atoms with van der Waals surface area (Å²) in [6, 6.07) is 4.34. The van der Waals surface area contributed by atoms with E-state index < -0.39 is 23.6 Å². The molecule has 0 radical (unpaired) electrons. The number of carbonyl (C=O) groups excluding carboxylic acids is 1. The summed E-state index contributed by atoms with van der Waals surface area (Å²) in [6.45, 7) is 5.54. The lowest BCUT2D eigenvalue weighted by molar-refractivity contribution is 0.0206. The third-order valence-corrected chi connectivity index (χ3v) is 3.88. The number of rotatable bonds is 1. The summed E-state index contributed by atoms with van der Waals surface area (Å²) in [6.07, 6.45) is -0.748. The van der Waals surface area contributed by atoms with Crippen molar-refractivity contribution in [1.82, 2.24) is 4.90 Å². The average Bonchev–Trinajstić information content (AvgIpc) is 2.73. The molecule has 1 aromatic rings. The summed E-state index contributed by atoms with van der Waals surface area (Å²) in [5, 5.41) is 9.85. The maximum atomic E-state index is 13.7. The fourth-order valence-corrected chi connectivity index (χ4v) is 2.62. The van der Waals surface area contributed by atoms with Gasteiger partial charge >= 0.3 is 6.09 Å². The van der Waals surface area contributed by atoms with Crippen molar-refractivity contribution < 1.29 is 19.0 Å². The molecule has 2 rings (SSSR count). The van der Waals surface area contributed by atoms with Crippen molar-refractivity contribution in [2.75, 3.05) is 6.54 Å². The first kappa shape index (κ1) is 16.2. The highest BCUT2D eigenvalue weighted by Gasteiger charge is 2.37.